The second kappa shape index (κ2) is 6.87. The average molecular weight is 453 g/mol. The van der Waals surface area contributed by atoms with Crippen LogP contribution in [0.5, 0.6) is 0 Å². The van der Waals surface area contributed by atoms with Crippen molar-refractivity contribution in [2.75, 3.05) is 30.4 Å². The number of amides is 2. The fourth-order valence-electron chi connectivity index (χ4n) is 5.71. The van der Waals surface area contributed by atoms with E-state index >= 15 is 0 Å². The quantitative estimate of drug-likeness (QED) is 0.623. The molecule has 2 aliphatic carbocycles. The van der Waals surface area contributed by atoms with Gasteiger partial charge in [0, 0.05) is 49.8 Å². The smallest absolute Gasteiger partial charge is 0.323 e. The van der Waals surface area contributed by atoms with Crippen LogP contribution in [0.25, 0.3) is 11.0 Å². The first-order valence-corrected chi connectivity index (χ1v) is 12.0. The number of hydrogen-bond donors (Lipinski definition) is 2. The molecule has 3 fully saturated rings. The molecular formula is C22H28N8OS. The number of nitrogens with zero attached hydrogens (tertiary/aromatic N) is 6. The van der Waals surface area contributed by atoms with Crippen LogP contribution in [-0.2, 0) is 0 Å². The summed E-state index contributed by atoms with van der Waals surface area (Å²) in [6, 6.07) is 2.34. The van der Waals surface area contributed by atoms with Gasteiger partial charge in [-0.3, -0.25) is 5.32 Å². The Bertz CT molecular complexity index is 1170. The first-order chi connectivity index (χ1) is 15.4. The third-order valence-electron chi connectivity index (χ3n) is 8.01. The van der Waals surface area contributed by atoms with Gasteiger partial charge in [-0.1, -0.05) is 13.8 Å². The van der Waals surface area contributed by atoms with Crippen LogP contribution in [0.3, 0.4) is 0 Å². The fourth-order valence-corrected chi connectivity index (χ4v) is 6.35. The lowest BCUT2D eigenvalue weighted by atomic mass is 9.71. The van der Waals surface area contributed by atoms with E-state index in [0.29, 0.717) is 17.1 Å². The molecule has 1 aliphatic heterocycles. The van der Waals surface area contributed by atoms with E-state index < -0.39 is 0 Å². The summed E-state index contributed by atoms with van der Waals surface area (Å²) in [7, 11) is 2.13. The third-order valence-corrected chi connectivity index (χ3v) is 8.65. The summed E-state index contributed by atoms with van der Waals surface area (Å²) in [6.45, 7) is 6.15. The van der Waals surface area contributed by atoms with Crippen LogP contribution in [0.4, 0.5) is 15.7 Å². The zero-order valence-electron chi connectivity index (χ0n) is 18.6. The molecular weight excluding hydrogens is 424 g/mol. The van der Waals surface area contributed by atoms with Crippen molar-refractivity contribution in [3.63, 3.8) is 0 Å². The minimum atomic E-state index is -0.0601. The Kier molecular flexibility index (Phi) is 4.27. The number of urea groups is 1. The van der Waals surface area contributed by atoms with Crippen molar-refractivity contribution in [2.24, 2.45) is 10.8 Å². The molecule has 1 unspecified atom stereocenters. The SMILES string of the molecule is CN(c1ncnc2[nH]ccc12)C1C[C@@]2(C)CN(C(=O)Nc3nc(C4CC4)ns3)C[C@@]2(C)C1. The van der Waals surface area contributed by atoms with Crippen molar-refractivity contribution in [3.8, 4) is 0 Å². The zero-order chi connectivity index (χ0) is 22.1. The molecule has 9 nitrogen and oxygen atoms in total. The number of rotatable bonds is 4. The summed E-state index contributed by atoms with van der Waals surface area (Å²) in [4.78, 5) is 33.8. The Morgan fingerprint density at radius 2 is 2.00 bits per heavy atom. The maximum absolute atomic E-state index is 13.0. The van der Waals surface area contributed by atoms with Gasteiger partial charge in [0.2, 0.25) is 5.13 Å². The van der Waals surface area contributed by atoms with E-state index in [1.807, 2.05) is 17.2 Å². The van der Waals surface area contributed by atoms with Gasteiger partial charge in [0.1, 0.15) is 23.6 Å². The molecule has 3 aromatic heterocycles. The normalized spacial score (nSPS) is 29.5. The van der Waals surface area contributed by atoms with Gasteiger partial charge < -0.3 is 14.8 Å². The lowest BCUT2D eigenvalue weighted by Gasteiger charge is -2.31. The predicted octanol–water partition coefficient (Wildman–Crippen LogP) is 3.85. The van der Waals surface area contributed by atoms with Gasteiger partial charge in [0.25, 0.3) is 0 Å². The van der Waals surface area contributed by atoms with Crippen LogP contribution in [0.1, 0.15) is 51.3 Å². The maximum atomic E-state index is 13.0. The Labute approximate surface area is 190 Å². The van der Waals surface area contributed by atoms with Crippen molar-refractivity contribution >= 4 is 39.5 Å². The average Bonchev–Trinajstić information content (AvgIpc) is 3.09. The number of likely N-dealkylation sites (tertiary alicyclic amines) is 1. The van der Waals surface area contributed by atoms with E-state index in [0.717, 1.165) is 61.4 Å². The van der Waals surface area contributed by atoms with Gasteiger partial charge in [-0.2, -0.15) is 4.37 Å². The molecule has 3 aliphatic rings. The van der Waals surface area contributed by atoms with Crippen LogP contribution in [0.2, 0.25) is 0 Å². The molecule has 0 bridgehead atoms. The van der Waals surface area contributed by atoms with Gasteiger partial charge in [-0.15, -0.1) is 0 Å². The fraction of sp³-hybridized carbons (Fsp3) is 0.591. The minimum Gasteiger partial charge on any atom is -0.356 e. The Hall–Kier alpha value is -2.75. The summed E-state index contributed by atoms with van der Waals surface area (Å²) in [5, 5.41) is 4.65. The van der Waals surface area contributed by atoms with Crippen LogP contribution in [0, 0.1) is 10.8 Å². The molecule has 2 saturated carbocycles. The summed E-state index contributed by atoms with van der Waals surface area (Å²) < 4.78 is 4.40. The van der Waals surface area contributed by atoms with Crippen LogP contribution < -0.4 is 10.2 Å². The lowest BCUT2D eigenvalue weighted by Crippen LogP contribution is -2.38. The Morgan fingerprint density at radius 1 is 1.25 bits per heavy atom. The second-order valence-corrected chi connectivity index (χ2v) is 11.0. The first-order valence-electron chi connectivity index (χ1n) is 11.3. The summed E-state index contributed by atoms with van der Waals surface area (Å²) in [5.41, 5.74) is 0.962. The number of fused-ring (bicyclic) bond motifs is 2. The number of aromatic amines is 1. The molecule has 0 aromatic carbocycles. The molecule has 0 radical (unpaired) electrons. The molecule has 6 rings (SSSR count). The standard InChI is InChI=1S/C22H28N8OS/c1-21-8-14(29(3)18-15-6-7-23-17(15)24-12-25-18)9-22(21,2)11-30(10-21)20(31)27-19-26-16(28-32-19)13-4-5-13/h6-7,12-14H,4-5,8-11H2,1-3H3,(H,23,24,25)(H,26,27,28,31)/t14?,21-,22+. The maximum Gasteiger partial charge on any atom is 0.323 e. The van der Waals surface area contributed by atoms with E-state index in [9.17, 15) is 4.79 Å². The predicted molar refractivity (Wildman–Crippen MR) is 124 cm³/mol. The first kappa shape index (κ1) is 19.9. The number of aromatic nitrogens is 5. The Morgan fingerprint density at radius 3 is 2.72 bits per heavy atom. The van der Waals surface area contributed by atoms with Crippen molar-refractivity contribution < 1.29 is 4.79 Å². The molecule has 2 amide bonds. The summed E-state index contributed by atoms with van der Waals surface area (Å²) >= 11 is 1.29. The van der Waals surface area contributed by atoms with Gasteiger partial charge in [0.05, 0.1) is 5.39 Å². The number of nitrogens with one attached hydrogen (secondary N) is 2. The molecule has 3 atom stereocenters. The largest absolute Gasteiger partial charge is 0.356 e. The molecule has 10 heteroatoms. The van der Waals surface area contributed by atoms with Gasteiger partial charge >= 0.3 is 6.03 Å². The highest BCUT2D eigenvalue weighted by atomic mass is 32.1. The van der Waals surface area contributed by atoms with Crippen LogP contribution in [-0.4, -0.2) is 61.4 Å². The topological polar surface area (TPSA) is 103 Å². The van der Waals surface area contributed by atoms with Crippen LogP contribution in [0.15, 0.2) is 18.6 Å². The van der Waals surface area contributed by atoms with Gasteiger partial charge in [0.15, 0.2) is 0 Å². The van der Waals surface area contributed by atoms with E-state index in [4.69, 9.17) is 0 Å². The molecule has 32 heavy (non-hydrogen) atoms. The van der Waals surface area contributed by atoms with Crippen molar-refractivity contribution in [2.45, 2.75) is 51.5 Å². The van der Waals surface area contributed by atoms with Gasteiger partial charge in [-0.25, -0.2) is 19.7 Å². The molecule has 1 saturated heterocycles. The van der Waals surface area contributed by atoms with Crippen molar-refractivity contribution in [1.29, 1.82) is 0 Å². The highest BCUT2D eigenvalue weighted by molar-refractivity contribution is 7.09. The molecule has 3 aromatic rings. The van der Waals surface area contributed by atoms with Crippen molar-refractivity contribution in [1.82, 2.24) is 29.2 Å². The Balaban J connectivity index is 1.16. The van der Waals surface area contributed by atoms with E-state index in [2.05, 4.69) is 55.4 Å². The highest BCUT2D eigenvalue weighted by Gasteiger charge is 2.59. The van der Waals surface area contributed by atoms with Gasteiger partial charge in [-0.05, 0) is 42.6 Å². The number of H-pyrrole nitrogens is 1. The number of carbonyl (C=O) groups excluding carboxylic acids is 1. The number of anilines is 2. The zero-order valence-corrected chi connectivity index (χ0v) is 19.4. The van der Waals surface area contributed by atoms with E-state index in [1.165, 1.54) is 11.5 Å². The van der Waals surface area contributed by atoms with Crippen LogP contribution >= 0.6 is 11.5 Å². The lowest BCUT2D eigenvalue weighted by molar-refractivity contribution is 0.184. The second-order valence-electron chi connectivity index (χ2n) is 10.2. The number of carbonyl (C=O) groups is 1. The number of hydrogen-bond acceptors (Lipinski definition) is 7. The minimum absolute atomic E-state index is 0.0495. The van der Waals surface area contributed by atoms with Crippen molar-refractivity contribution in [3.05, 3.63) is 24.4 Å². The monoisotopic (exact) mass is 452 g/mol. The van der Waals surface area contributed by atoms with E-state index in [-0.39, 0.29) is 16.9 Å². The molecule has 0 spiro atoms. The summed E-state index contributed by atoms with van der Waals surface area (Å²) in [5.74, 6) is 2.34. The molecule has 168 valence electrons. The highest BCUT2D eigenvalue weighted by Crippen LogP contribution is 2.58. The third kappa shape index (κ3) is 3.07. The van der Waals surface area contributed by atoms with E-state index in [1.54, 1.807) is 6.33 Å². The molecule has 2 N–H and O–H groups in total. The molecule has 4 heterocycles. The summed E-state index contributed by atoms with van der Waals surface area (Å²) in [6.07, 6.45) is 7.89.